The topological polar surface area (TPSA) is 66.9 Å². The van der Waals surface area contributed by atoms with Crippen LogP contribution in [-0.4, -0.2) is 29.5 Å². The second kappa shape index (κ2) is 6.49. The lowest BCUT2D eigenvalue weighted by Crippen LogP contribution is -2.25. The maximum Gasteiger partial charge on any atom is 0.251 e. The van der Waals surface area contributed by atoms with Gasteiger partial charge in [-0.25, -0.2) is 4.98 Å². The molecular weight excluding hydrogens is 240 g/mol. The van der Waals surface area contributed by atoms with E-state index in [1.807, 2.05) is 12.1 Å². The summed E-state index contributed by atoms with van der Waals surface area (Å²) in [5, 5.41) is 5.79. The van der Waals surface area contributed by atoms with Crippen LogP contribution in [-0.2, 0) is 6.42 Å². The van der Waals surface area contributed by atoms with Crippen LogP contribution >= 0.6 is 0 Å². The van der Waals surface area contributed by atoms with Crippen LogP contribution in [0.2, 0.25) is 0 Å². The molecular formula is C14H16N4O. The van der Waals surface area contributed by atoms with Gasteiger partial charge in [-0.05, 0) is 36.2 Å². The molecule has 0 bridgehead atoms. The minimum atomic E-state index is -0.0899. The van der Waals surface area contributed by atoms with Gasteiger partial charge >= 0.3 is 0 Å². The number of nitrogens with one attached hydrogen (secondary N) is 2. The minimum absolute atomic E-state index is 0.0899. The average Bonchev–Trinajstić information content (AvgIpc) is 2.48. The van der Waals surface area contributed by atoms with E-state index in [9.17, 15) is 4.79 Å². The van der Waals surface area contributed by atoms with Gasteiger partial charge in [0, 0.05) is 37.7 Å². The van der Waals surface area contributed by atoms with Crippen LogP contribution in [0.1, 0.15) is 15.9 Å². The standard InChI is InChI=1S/C14H16N4O/c1-15-13-10-12(5-9-17-13)14(19)18-8-4-11-2-6-16-7-3-11/h2-3,5-7,9-10H,4,8H2,1H3,(H,15,17)(H,18,19). The van der Waals surface area contributed by atoms with Crippen molar-refractivity contribution in [1.29, 1.82) is 0 Å². The number of anilines is 1. The van der Waals surface area contributed by atoms with Gasteiger partial charge in [-0.3, -0.25) is 9.78 Å². The van der Waals surface area contributed by atoms with Crippen molar-refractivity contribution in [2.75, 3.05) is 18.9 Å². The maximum absolute atomic E-state index is 11.9. The molecule has 0 radical (unpaired) electrons. The van der Waals surface area contributed by atoms with Gasteiger partial charge < -0.3 is 10.6 Å². The number of pyridine rings is 2. The van der Waals surface area contributed by atoms with E-state index in [1.165, 1.54) is 0 Å². The Hall–Kier alpha value is -2.43. The summed E-state index contributed by atoms with van der Waals surface area (Å²) in [4.78, 5) is 19.9. The van der Waals surface area contributed by atoms with Crippen LogP contribution in [0.25, 0.3) is 0 Å². The van der Waals surface area contributed by atoms with Crippen molar-refractivity contribution < 1.29 is 4.79 Å². The van der Waals surface area contributed by atoms with Gasteiger partial charge in [0.1, 0.15) is 5.82 Å². The Morgan fingerprint density at radius 2 is 2.00 bits per heavy atom. The first-order valence-corrected chi connectivity index (χ1v) is 6.10. The molecule has 0 aromatic carbocycles. The van der Waals surface area contributed by atoms with Crippen molar-refractivity contribution in [2.45, 2.75) is 6.42 Å². The van der Waals surface area contributed by atoms with E-state index in [1.54, 1.807) is 37.8 Å². The van der Waals surface area contributed by atoms with Gasteiger partial charge in [0.15, 0.2) is 0 Å². The highest BCUT2D eigenvalue weighted by Crippen LogP contribution is 2.05. The summed E-state index contributed by atoms with van der Waals surface area (Å²) >= 11 is 0. The monoisotopic (exact) mass is 256 g/mol. The largest absolute Gasteiger partial charge is 0.373 e. The first kappa shape index (κ1) is 13.0. The van der Waals surface area contributed by atoms with Crippen LogP contribution in [0.4, 0.5) is 5.82 Å². The van der Waals surface area contributed by atoms with Crippen molar-refractivity contribution >= 4 is 11.7 Å². The molecule has 2 N–H and O–H groups in total. The second-order valence-electron chi connectivity index (χ2n) is 4.04. The molecule has 0 fully saturated rings. The normalized spacial score (nSPS) is 9.95. The molecule has 0 spiro atoms. The fourth-order valence-electron chi connectivity index (χ4n) is 1.68. The molecule has 0 atom stereocenters. The van der Waals surface area contributed by atoms with E-state index in [4.69, 9.17) is 0 Å². The molecule has 98 valence electrons. The number of hydrogen-bond donors (Lipinski definition) is 2. The molecule has 0 saturated heterocycles. The molecule has 19 heavy (non-hydrogen) atoms. The summed E-state index contributed by atoms with van der Waals surface area (Å²) in [7, 11) is 1.77. The zero-order chi connectivity index (χ0) is 13.5. The predicted molar refractivity (Wildman–Crippen MR) is 74.1 cm³/mol. The average molecular weight is 256 g/mol. The highest BCUT2D eigenvalue weighted by molar-refractivity contribution is 5.94. The zero-order valence-electron chi connectivity index (χ0n) is 10.8. The Kier molecular flexibility index (Phi) is 4.44. The molecule has 0 aliphatic rings. The summed E-state index contributed by atoms with van der Waals surface area (Å²) in [6.07, 6.45) is 5.90. The van der Waals surface area contributed by atoms with Gasteiger partial charge in [-0.15, -0.1) is 0 Å². The quantitative estimate of drug-likeness (QED) is 0.850. The third-order valence-corrected chi connectivity index (χ3v) is 2.73. The van der Waals surface area contributed by atoms with Gasteiger partial charge in [0.25, 0.3) is 5.91 Å². The van der Waals surface area contributed by atoms with E-state index < -0.39 is 0 Å². The van der Waals surface area contributed by atoms with Crippen molar-refractivity contribution in [3.8, 4) is 0 Å². The van der Waals surface area contributed by atoms with Crippen molar-refractivity contribution in [1.82, 2.24) is 15.3 Å². The van der Waals surface area contributed by atoms with E-state index in [2.05, 4.69) is 20.6 Å². The molecule has 0 unspecified atom stereocenters. The number of carbonyl (C=O) groups is 1. The highest BCUT2D eigenvalue weighted by atomic mass is 16.1. The number of carbonyl (C=O) groups excluding carboxylic acids is 1. The molecule has 2 heterocycles. The molecule has 0 aliphatic heterocycles. The Labute approximate surface area is 112 Å². The van der Waals surface area contributed by atoms with Crippen LogP contribution in [0, 0.1) is 0 Å². The first-order chi connectivity index (χ1) is 9.29. The second-order valence-corrected chi connectivity index (χ2v) is 4.04. The Morgan fingerprint density at radius 3 is 2.74 bits per heavy atom. The summed E-state index contributed by atoms with van der Waals surface area (Å²) in [5.41, 5.74) is 1.76. The minimum Gasteiger partial charge on any atom is -0.373 e. The predicted octanol–water partition coefficient (Wildman–Crippen LogP) is 1.49. The molecule has 2 rings (SSSR count). The fraction of sp³-hybridized carbons (Fsp3) is 0.214. The SMILES string of the molecule is CNc1cc(C(=O)NCCc2ccncc2)ccn1. The third kappa shape index (κ3) is 3.77. The van der Waals surface area contributed by atoms with Crippen LogP contribution in [0.5, 0.6) is 0 Å². The number of nitrogens with zero attached hydrogens (tertiary/aromatic N) is 2. The van der Waals surface area contributed by atoms with E-state index in [0.29, 0.717) is 17.9 Å². The first-order valence-electron chi connectivity index (χ1n) is 6.10. The molecule has 1 amide bonds. The highest BCUT2D eigenvalue weighted by Gasteiger charge is 2.05. The van der Waals surface area contributed by atoms with Gasteiger partial charge in [0.2, 0.25) is 0 Å². The van der Waals surface area contributed by atoms with E-state index in [-0.39, 0.29) is 5.91 Å². The fourth-order valence-corrected chi connectivity index (χ4v) is 1.68. The Bertz CT molecular complexity index is 542. The van der Waals surface area contributed by atoms with Gasteiger partial charge in [-0.2, -0.15) is 0 Å². The molecule has 0 aliphatic carbocycles. The Balaban J connectivity index is 1.87. The smallest absolute Gasteiger partial charge is 0.251 e. The van der Waals surface area contributed by atoms with Crippen LogP contribution < -0.4 is 10.6 Å². The molecule has 2 aromatic heterocycles. The summed E-state index contributed by atoms with van der Waals surface area (Å²) in [6.45, 7) is 0.597. The van der Waals surface area contributed by atoms with Gasteiger partial charge in [-0.1, -0.05) is 0 Å². The summed E-state index contributed by atoms with van der Waals surface area (Å²) in [6, 6.07) is 7.31. The number of rotatable bonds is 5. The van der Waals surface area contributed by atoms with E-state index >= 15 is 0 Å². The van der Waals surface area contributed by atoms with E-state index in [0.717, 1.165) is 12.0 Å². The van der Waals surface area contributed by atoms with Crippen molar-refractivity contribution in [3.63, 3.8) is 0 Å². The third-order valence-electron chi connectivity index (χ3n) is 2.73. The van der Waals surface area contributed by atoms with Crippen LogP contribution in [0.3, 0.4) is 0 Å². The molecule has 5 heteroatoms. The maximum atomic E-state index is 11.9. The summed E-state index contributed by atoms with van der Waals surface area (Å²) in [5.74, 6) is 0.592. The zero-order valence-corrected chi connectivity index (χ0v) is 10.8. The van der Waals surface area contributed by atoms with Gasteiger partial charge in [0.05, 0.1) is 0 Å². The Morgan fingerprint density at radius 1 is 1.21 bits per heavy atom. The number of aromatic nitrogens is 2. The lowest BCUT2D eigenvalue weighted by molar-refractivity contribution is 0.0954. The summed E-state index contributed by atoms with van der Waals surface area (Å²) < 4.78 is 0. The lowest BCUT2D eigenvalue weighted by Gasteiger charge is -2.06. The van der Waals surface area contributed by atoms with Crippen LogP contribution in [0.15, 0.2) is 42.9 Å². The molecule has 2 aromatic rings. The van der Waals surface area contributed by atoms with Crippen molar-refractivity contribution in [2.24, 2.45) is 0 Å². The number of amides is 1. The lowest BCUT2D eigenvalue weighted by atomic mass is 10.2. The van der Waals surface area contributed by atoms with Crippen molar-refractivity contribution in [3.05, 3.63) is 54.0 Å². The number of hydrogen-bond acceptors (Lipinski definition) is 4. The molecule has 0 saturated carbocycles. The molecule has 5 nitrogen and oxygen atoms in total.